The molecule has 0 saturated heterocycles. The molecule has 5 heteroatoms. The van der Waals surface area contributed by atoms with E-state index >= 15 is 0 Å². The summed E-state index contributed by atoms with van der Waals surface area (Å²) in [5.41, 5.74) is 6.47. The molecule has 5 nitrogen and oxygen atoms in total. The van der Waals surface area contributed by atoms with Gasteiger partial charge in [0.2, 0.25) is 0 Å². The minimum Gasteiger partial charge on any atom is -0.493 e. The van der Waals surface area contributed by atoms with E-state index in [-0.39, 0.29) is 0 Å². The van der Waals surface area contributed by atoms with Crippen molar-refractivity contribution in [3.8, 4) is 11.4 Å². The van der Waals surface area contributed by atoms with Crippen LogP contribution in [0.5, 0.6) is 5.75 Å². The van der Waals surface area contributed by atoms with Gasteiger partial charge in [0, 0.05) is 18.5 Å². The highest BCUT2D eigenvalue weighted by Crippen LogP contribution is 2.22. The summed E-state index contributed by atoms with van der Waals surface area (Å²) < 4.78 is 7.08. The fraction of sp³-hybridized carbons (Fsp3) is 0.167. The van der Waals surface area contributed by atoms with E-state index in [1.54, 1.807) is 29.1 Å². The zero-order valence-corrected chi connectivity index (χ0v) is 9.46. The van der Waals surface area contributed by atoms with Crippen LogP contribution in [-0.4, -0.2) is 22.3 Å². The minimum absolute atomic E-state index is 0.378. The van der Waals surface area contributed by atoms with Crippen LogP contribution in [0.4, 0.5) is 0 Å². The molecule has 0 bridgehead atoms. The molecule has 0 aliphatic heterocycles. The van der Waals surface area contributed by atoms with E-state index < -0.39 is 5.91 Å². The lowest BCUT2D eigenvalue weighted by Gasteiger charge is -2.10. The van der Waals surface area contributed by atoms with Crippen molar-refractivity contribution in [1.82, 2.24) is 9.78 Å². The quantitative estimate of drug-likeness (QED) is 0.863. The number of nitrogens with zero attached hydrogens (tertiary/aromatic N) is 2. The average molecular weight is 231 g/mol. The molecule has 1 aromatic carbocycles. The van der Waals surface area contributed by atoms with Gasteiger partial charge in [0.1, 0.15) is 5.75 Å². The Labute approximate surface area is 98.8 Å². The maximum Gasteiger partial charge on any atom is 0.252 e. The molecule has 0 saturated carbocycles. The smallest absolute Gasteiger partial charge is 0.252 e. The summed E-state index contributed by atoms with van der Waals surface area (Å²) in [6, 6.07) is 6.99. The van der Waals surface area contributed by atoms with Gasteiger partial charge in [0.05, 0.1) is 17.9 Å². The monoisotopic (exact) mass is 231 g/mol. The van der Waals surface area contributed by atoms with Gasteiger partial charge in [0.15, 0.2) is 0 Å². The standard InChI is InChI=1S/C12H13N3O2/c1-2-17-11-8-9(15-7-3-6-14-15)4-5-10(11)12(13)16/h3-8H,2H2,1H3,(H2,13,16). The van der Waals surface area contributed by atoms with E-state index in [0.29, 0.717) is 17.9 Å². The number of ether oxygens (including phenoxy) is 1. The normalized spacial score (nSPS) is 10.2. The van der Waals surface area contributed by atoms with Crippen molar-refractivity contribution in [3.63, 3.8) is 0 Å². The number of hydrogen-bond donors (Lipinski definition) is 1. The number of carbonyl (C=O) groups is 1. The second-order valence-electron chi connectivity index (χ2n) is 3.43. The third-order valence-corrected chi connectivity index (χ3v) is 2.30. The first-order valence-corrected chi connectivity index (χ1v) is 5.29. The molecule has 0 atom stereocenters. The molecule has 1 amide bonds. The molecule has 2 aromatic rings. The SMILES string of the molecule is CCOc1cc(-n2cccn2)ccc1C(N)=O. The molecule has 0 aliphatic carbocycles. The molecule has 0 fully saturated rings. The van der Waals surface area contributed by atoms with E-state index in [1.807, 2.05) is 19.2 Å². The fourth-order valence-electron chi connectivity index (χ4n) is 1.55. The largest absolute Gasteiger partial charge is 0.493 e. The van der Waals surface area contributed by atoms with Gasteiger partial charge >= 0.3 is 0 Å². The van der Waals surface area contributed by atoms with Crippen LogP contribution in [0, 0.1) is 0 Å². The zero-order valence-electron chi connectivity index (χ0n) is 9.46. The van der Waals surface area contributed by atoms with E-state index in [2.05, 4.69) is 5.10 Å². The summed E-state index contributed by atoms with van der Waals surface area (Å²) in [6.45, 7) is 2.33. The van der Waals surface area contributed by atoms with Gasteiger partial charge in [-0.05, 0) is 25.1 Å². The number of rotatable bonds is 4. The number of nitrogens with two attached hydrogens (primary N) is 1. The summed E-state index contributed by atoms with van der Waals surface area (Å²) in [4.78, 5) is 11.2. The van der Waals surface area contributed by atoms with Crippen molar-refractivity contribution in [2.75, 3.05) is 6.61 Å². The Morgan fingerprint density at radius 2 is 2.35 bits per heavy atom. The number of amides is 1. The summed E-state index contributed by atoms with van der Waals surface area (Å²) >= 11 is 0. The van der Waals surface area contributed by atoms with Crippen molar-refractivity contribution in [2.24, 2.45) is 5.73 Å². The first-order valence-electron chi connectivity index (χ1n) is 5.29. The highest BCUT2D eigenvalue weighted by Gasteiger charge is 2.10. The molecule has 17 heavy (non-hydrogen) atoms. The van der Waals surface area contributed by atoms with Crippen LogP contribution < -0.4 is 10.5 Å². The van der Waals surface area contributed by atoms with Gasteiger partial charge < -0.3 is 10.5 Å². The van der Waals surface area contributed by atoms with Crippen molar-refractivity contribution >= 4 is 5.91 Å². The minimum atomic E-state index is -0.500. The van der Waals surface area contributed by atoms with Crippen LogP contribution >= 0.6 is 0 Å². The molecular weight excluding hydrogens is 218 g/mol. The predicted octanol–water partition coefficient (Wildman–Crippen LogP) is 1.37. The second-order valence-corrected chi connectivity index (χ2v) is 3.43. The van der Waals surface area contributed by atoms with E-state index in [1.165, 1.54) is 0 Å². The molecule has 0 radical (unpaired) electrons. The molecule has 1 aromatic heterocycles. The van der Waals surface area contributed by atoms with Crippen LogP contribution in [0.1, 0.15) is 17.3 Å². The molecule has 2 N–H and O–H groups in total. The summed E-state index contributed by atoms with van der Waals surface area (Å²) in [6.07, 6.45) is 3.50. The first kappa shape index (κ1) is 11.2. The van der Waals surface area contributed by atoms with E-state index in [0.717, 1.165) is 5.69 Å². The van der Waals surface area contributed by atoms with Crippen LogP contribution in [0.3, 0.4) is 0 Å². The number of aromatic nitrogens is 2. The van der Waals surface area contributed by atoms with Gasteiger partial charge in [-0.2, -0.15) is 5.10 Å². The molecule has 0 spiro atoms. The predicted molar refractivity (Wildman–Crippen MR) is 63.3 cm³/mol. The third-order valence-electron chi connectivity index (χ3n) is 2.30. The lowest BCUT2D eigenvalue weighted by atomic mass is 10.1. The van der Waals surface area contributed by atoms with Gasteiger partial charge in [-0.1, -0.05) is 0 Å². The number of benzene rings is 1. The van der Waals surface area contributed by atoms with Crippen molar-refractivity contribution < 1.29 is 9.53 Å². The molecule has 88 valence electrons. The molecule has 0 aliphatic rings. The Bertz CT molecular complexity index is 521. The Hall–Kier alpha value is -2.30. The zero-order chi connectivity index (χ0) is 12.3. The van der Waals surface area contributed by atoms with E-state index in [4.69, 9.17) is 10.5 Å². The van der Waals surface area contributed by atoms with Crippen LogP contribution in [0.25, 0.3) is 5.69 Å². The number of carbonyl (C=O) groups excluding carboxylic acids is 1. The maximum atomic E-state index is 11.2. The van der Waals surface area contributed by atoms with Gasteiger partial charge in [-0.25, -0.2) is 4.68 Å². The van der Waals surface area contributed by atoms with Crippen LogP contribution in [-0.2, 0) is 0 Å². The summed E-state index contributed by atoms with van der Waals surface area (Å²) in [5.74, 6) is -0.0199. The maximum absolute atomic E-state index is 11.2. The number of hydrogen-bond acceptors (Lipinski definition) is 3. The van der Waals surface area contributed by atoms with Crippen molar-refractivity contribution in [2.45, 2.75) is 6.92 Å². The topological polar surface area (TPSA) is 70.1 Å². The van der Waals surface area contributed by atoms with Crippen molar-refractivity contribution in [3.05, 3.63) is 42.2 Å². The van der Waals surface area contributed by atoms with Crippen molar-refractivity contribution in [1.29, 1.82) is 0 Å². The van der Waals surface area contributed by atoms with Gasteiger partial charge in [0.25, 0.3) is 5.91 Å². The average Bonchev–Trinajstić information content (AvgIpc) is 2.82. The lowest BCUT2D eigenvalue weighted by molar-refractivity contribution is 0.0996. The lowest BCUT2D eigenvalue weighted by Crippen LogP contribution is -2.13. The van der Waals surface area contributed by atoms with E-state index in [9.17, 15) is 4.79 Å². The Kier molecular flexibility index (Phi) is 3.09. The Balaban J connectivity index is 2.45. The molecule has 0 unspecified atom stereocenters. The highest BCUT2D eigenvalue weighted by atomic mass is 16.5. The van der Waals surface area contributed by atoms with Gasteiger partial charge in [-0.3, -0.25) is 4.79 Å². The Morgan fingerprint density at radius 1 is 1.53 bits per heavy atom. The van der Waals surface area contributed by atoms with Crippen LogP contribution in [0.2, 0.25) is 0 Å². The molecular formula is C12H13N3O2. The molecule has 2 rings (SSSR count). The summed E-state index contributed by atoms with van der Waals surface area (Å²) in [5, 5.41) is 4.11. The first-order chi connectivity index (χ1) is 8.22. The molecule has 1 heterocycles. The summed E-state index contributed by atoms with van der Waals surface area (Å²) in [7, 11) is 0. The highest BCUT2D eigenvalue weighted by molar-refractivity contribution is 5.95. The number of primary amides is 1. The second kappa shape index (κ2) is 4.69. The fourth-order valence-corrected chi connectivity index (χ4v) is 1.55. The third kappa shape index (κ3) is 2.28. The van der Waals surface area contributed by atoms with Crippen LogP contribution in [0.15, 0.2) is 36.7 Å². The Morgan fingerprint density at radius 3 is 2.94 bits per heavy atom. The van der Waals surface area contributed by atoms with Gasteiger partial charge in [-0.15, -0.1) is 0 Å².